The first-order chi connectivity index (χ1) is 11.0. The molecule has 6 heteroatoms. The number of nitrogens with zero attached hydrogens (tertiary/aromatic N) is 1. The van der Waals surface area contributed by atoms with Crippen LogP contribution in [0, 0.1) is 10.7 Å². The predicted octanol–water partition coefficient (Wildman–Crippen LogP) is 3.18. The van der Waals surface area contributed by atoms with Gasteiger partial charge in [0.05, 0.1) is 16.5 Å². The molecule has 0 atom stereocenters. The highest BCUT2D eigenvalue weighted by molar-refractivity contribution is 7.71. The van der Waals surface area contributed by atoms with Crippen LogP contribution in [0.25, 0.3) is 10.9 Å². The van der Waals surface area contributed by atoms with Crippen LogP contribution >= 0.6 is 12.2 Å². The predicted molar refractivity (Wildman–Crippen MR) is 89.2 cm³/mol. The lowest BCUT2D eigenvalue weighted by Crippen LogP contribution is -2.23. The average Bonchev–Trinajstić information content (AvgIpc) is 3.40. The minimum Gasteiger partial charge on any atom is -0.455 e. The fourth-order valence-corrected chi connectivity index (χ4v) is 3.56. The van der Waals surface area contributed by atoms with E-state index in [1.165, 1.54) is 4.57 Å². The SMILES string of the molecule is CCn1c(=S)[nH]c2cc(C(=O)OC3(C4CC4)CC3)ccc2c1=O. The monoisotopic (exact) mass is 330 g/mol. The third-order valence-electron chi connectivity index (χ3n) is 4.89. The van der Waals surface area contributed by atoms with E-state index in [2.05, 4.69) is 4.98 Å². The van der Waals surface area contributed by atoms with E-state index in [9.17, 15) is 9.59 Å². The Hall–Kier alpha value is -1.95. The Bertz CT molecular complexity index is 920. The zero-order chi connectivity index (χ0) is 16.2. The van der Waals surface area contributed by atoms with Crippen LogP contribution in [0.1, 0.15) is 43.0 Å². The van der Waals surface area contributed by atoms with Crippen molar-refractivity contribution in [2.75, 3.05) is 0 Å². The second kappa shape index (κ2) is 5.03. The summed E-state index contributed by atoms with van der Waals surface area (Å²) >= 11 is 5.21. The number of rotatable bonds is 4. The van der Waals surface area contributed by atoms with Crippen molar-refractivity contribution in [2.24, 2.45) is 5.92 Å². The van der Waals surface area contributed by atoms with Crippen molar-refractivity contribution in [3.05, 3.63) is 38.9 Å². The van der Waals surface area contributed by atoms with Crippen LogP contribution in [-0.2, 0) is 11.3 Å². The first-order valence-corrected chi connectivity index (χ1v) is 8.45. The van der Waals surface area contributed by atoms with Crippen LogP contribution in [0.3, 0.4) is 0 Å². The van der Waals surface area contributed by atoms with Crippen LogP contribution < -0.4 is 5.56 Å². The molecule has 2 aliphatic carbocycles. The van der Waals surface area contributed by atoms with Gasteiger partial charge in [-0.05, 0) is 68.9 Å². The Labute approximate surface area is 138 Å². The van der Waals surface area contributed by atoms with E-state index in [4.69, 9.17) is 17.0 Å². The van der Waals surface area contributed by atoms with E-state index in [0.29, 0.717) is 33.7 Å². The smallest absolute Gasteiger partial charge is 0.338 e. The Morgan fingerprint density at radius 3 is 2.78 bits per heavy atom. The average molecular weight is 330 g/mol. The number of benzene rings is 1. The molecule has 120 valence electrons. The van der Waals surface area contributed by atoms with Crippen molar-refractivity contribution in [2.45, 2.75) is 44.8 Å². The minimum absolute atomic E-state index is 0.136. The molecule has 0 unspecified atom stereocenters. The lowest BCUT2D eigenvalue weighted by Gasteiger charge is -2.16. The summed E-state index contributed by atoms with van der Waals surface area (Å²) in [5, 5.41) is 0.528. The van der Waals surface area contributed by atoms with Gasteiger partial charge < -0.3 is 9.72 Å². The number of nitrogens with one attached hydrogen (secondary N) is 1. The van der Waals surface area contributed by atoms with Crippen LogP contribution in [0.5, 0.6) is 0 Å². The van der Waals surface area contributed by atoms with Gasteiger partial charge in [-0.25, -0.2) is 4.79 Å². The zero-order valence-corrected chi connectivity index (χ0v) is 13.7. The summed E-state index contributed by atoms with van der Waals surface area (Å²) in [4.78, 5) is 27.8. The molecule has 1 aromatic heterocycles. The van der Waals surface area contributed by atoms with Gasteiger partial charge in [-0.15, -0.1) is 0 Å². The molecule has 0 radical (unpaired) electrons. The van der Waals surface area contributed by atoms with Crippen molar-refractivity contribution in [1.29, 1.82) is 0 Å². The molecule has 2 aromatic rings. The van der Waals surface area contributed by atoms with Crippen molar-refractivity contribution in [3.8, 4) is 0 Å². The molecule has 1 heterocycles. The minimum atomic E-state index is -0.310. The summed E-state index contributed by atoms with van der Waals surface area (Å²) < 4.78 is 7.62. The second-order valence-corrected chi connectivity index (χ2v) is 6.86. The quantitative estimate of drug-likeness (QED) is 0.691. The van der Waals surface area contributed by atoms with Crippen LogP contribution in [0.15, 0.2) is 23.0 Å². The lowest BCUT2D eigenvalue weighted by atomic mass is 10.1. The Balaban J connectivity index is 1.70. The van der Waals surface area contributed by atoms with Crippen LogP contribution in [0.2, 0.25) is 0 Å². The number of aromatic nitrogens is 2. The summed E-state index contributed by atoms with van der Waals surface area (Å²) in [7, 11) is 0. The largest absolute Gasteiger partial charge is 0.455 e. The number of esters is 1. The summed E-state index contributed by atoms with van der Waals surface area (Å²) in [5.74, 6) is 0.241. The molecule has 1 aromatic carbocycles. The van der Waals surface area contributed by atoms with E-state index in [0.717, 1.165) is 25.7 Å². The van der Waals surface area contributed by atoms with Crippen molar-refractivity contribution >= 4 is 29.1 Å². The maximum atomic E-state index is 12.4. The molecule has 5 nitrogen and oxygen atoms in total. The third-order valence-corrected chi connectivity index (χ3v) is 5.22. The maximum absolute atomic E-state index is 12.4. The molecule has 2 saturated carbocycles. The Morgan fingerprint density at radius 2 is 2.17 bits per heavy atom. The Kier molecular flexibility index (Phi) is 3.20. The summed E-state index contributed by atoms with van der Waals surface area (Å²) in [6.07, 6.45) is 4.27. The molecule has 0 saturated heterocycles. The summed E-state index contributed by atoms with van der Waals surface area (Å²) in [5.41, 5.74) is 0.701. The van der Waals surface area contributed by atoms with Gasteiger partial charge in [-0.3, -0.25) is 9.36 Å². The molecular weight excluding hydrogens is 312 g/mol. The van der Waals surface area contributed by atoms with Gasteiger partial charge in [-0.1, -0.05) is 0 Å². The number of hydrogen-bond donors (Lipinski definition) is 1. The number of ether oxygens (including phenoxy) is 1. The van der Waals surface area contributed by atoms with Gasteiger partial charge in [0.25, 0.3) is 5.56 Å². The highest BCUT2D eigenvalue weighted by Crippen LogP contribution is 2.56. The number of carbonyl (C=O) groups excluding carboxylic acids is 1. The number of carbonyl (C=O) groups is 1. The molecular formula is C17H18N2O3S. The first kappa shape index (κ1) is 14.6. The Morgan fingerprint density at radius 1 is 1.43 bits per heavy atom. The molecule has 4 rings (SSSR count). The first-order valence-electron chi connectivity index (χ1n) is 8.04. The van der Waals surface area contributed by atoms with Gasteiger partial charge in [0, 0.05) is 6.54 Å². The van der Waals surface area contributed by atoms with Gasteiger partial charge >= 0.3 is 5.97 Å². The fraction of sp³-hybridized carbons (Fsp3) is 0.471. The molecule has 0 spiro atoms. The fourth-order valence-electron chi connectivity index (χ4n) is 3.24. The zero-order valence-electron chi connectivity index (χ0n) is 12.9. The normalized spacial score (nSPS) is 18.8. The highest BCUT2D eigenvalue weighted by atomic mass is 32.1. The van der Waals surface area contributed by atoms with Crippen LogP contribution in [0.4, 0.5) is 0 Å². The maximum Gasteiger partial charge on any atom is 0.338 e. The number of H-pyrrole nitrogens is 1. The van der Waals surface area contributed by atoms with Crippen molar-refractivity contribution < 1.29 is 9.53 Å². The van der Waals surface area contributed by atoms with E-state index in [-0.39, 0.29) is 17.1 Å². The van der Waals surface area contributed by atoms with E-state index >= 15 is 0 Å². The number of fused-ring (bicyclic) bond motifs is 1. The molecule has 0 aliphatic heterocycles. The van der Waals surface area contributed by atoms with Gasteiger partial charge in [0.1, 0.15) is 5.60 Å². The van der Waals surface area contributed by atoms with E-state index in [1.54, 1.807) is 18.2 Å². The molecule has 2 fully saturated rings. The van der Waals surface area contributed by atoms with E-state index in [1.807, 2.05) is 6.92 Å². The van der Waals surface area contributed by atoms with E-state index < -0.39 is 0 Å². The lowest BCUT2D eigenvalue weighted by molar-refractivity contribution is 0.0160. The molecule has 2 aliphatic rings. The third kappa shape index (κ3) is 2.41. The van der Waals surface area contributed by atoms with Crippen molar-refractivity contribution in [3.63, 3.8) is 0 Å². The van der Waals surface area contributed by atoms with Crippen LogP contribution in [-0.4, -0.2) is 21.1 Å². The topological polar surface area (TPSA) is 64.1 Å². The molecule has 23 heavy (non-hydrogen) atoms. The second-order valence-electron chi connectivity index (χ2n) is 6.47. The summed E-state index contributed by atoms with van der Waals surface area (Å²) in [6, 6.07) is 4.99. The molecule has 0 amide bonds. The highest BCUT2D eigenvalue weighted by Gasteiger charge is 2.57. The summed E-state index contributed by atoms with van der Waals surface area (Å²) in [6.45, 7) is 2.38. The molecule has 0 bridgehead atoms. The molecule has 1 N–H and O–H groups in total. The van der Waals surface area contributed by atoms with Gasteiger partial charge in [0.15, 0.2) is 4.77 Å². The number of hydrogen-bond acceptors (Lipinski definition) is 4. The standard InChI is InChI=1S/C17H18N2O3S/c1-2-19-14(20)12-6-3-10(9-13(12)18-16(19)23)15(21)22-17(7-8-17)11-4-5-11/h3,6,9,11H,2,4-5,7-8H2,1H3,(H,18,23). The van der Waals surface area contributed by atoms with Gasteiger partial charge in [-0.2, -0.15) is 0 Å². The van der Waals surface area contributed by atoms with Crippen molar-refractivity contribution in [1.82, 2.24) is 9.55 Å². The number of aromatic amines is 1. The van der Waals surface area contributed by atoms with Gasteiger partial charge in [0.2, 0.25) is 0 Å².